The van der Waals surface area contributed by atoms with Crippen LogP contribution in [0.4, 0.5) is 11.6 Å². The number of hydrogen-bond donors (Lipinski definition) is 1. The number of aliphatic imine (C=N–C) groups is 2. The Balaban J connectivity index is 1.51. The third kappa shape index (κ3) is 1.71. The molecule has 0 bridgehead atoms. The Hall–Kier alpha value is -4.13. The number of aromatic nitrogens is 1. The molecule has 6 nitrogen and oxygen atoms in total. The molecule has 150 valence electrons. The minimum atomic E-state index is -0.227. The van der Waals surface area contributed by atoms with E-state index in [1.54, 1.807) is 0 Å². The lowest BCUT2D eigenvalue weighted by Crippen LogP contribution is -2.62. The van der Waals surface area contributed by atoms with Crippen molar-refractivity contribution in [3.63, 3.8) is 0 Å². The van der Waals surface area contributed by atoms with Crippen LogP contribution < -0.4 is 0 Å². The van der Waals surface area contributed by atoms with Gasteiger partial charge in [-0.25, -0.2) is 9.98 Å². The SMILES string of the molecule is CC1c2ccccc2C2=Nc3c4ccccc4c4n3B(N3C(=N)c5ccccc5C3=N4)N21. The second-order valence-corrected chi connectivity index (χ2v) is 8.71. The van der Waals surface area contributed by atoms with Crippen LogP contribution in [0.25, 0.3) is 10.8 Å². The predicted molar refractivity (Wildman–Crippen MR) is 127 cm³/mol. The predicted octanol–water partition coefficient (Wildman–Crippen LogP) is 4.68. The van der Waals surface area contributed by atoms with Gasteiger partial charge in [-0.2, -0.15) is 0 Å². The number of fused-ring (bicyclic) bond motifs is 11. The molecule has 5 heterocycles. The van der Waals surface area contributed by atoms with E-state index in [0.717, 1.165) is 45.2 Å². The summed E-state index contributed by atoms with van der Waals surface area (Å²) in [5.74, 6) is 4.15. The van der Waals surface area contributed by atoms with Crippen molar-refractivity contribution in [1.82, 2.24) is 14.1 Å². The van der Waals surface area contributed by atoms with Gasteiger partial charge in [0.05, 0.1) is 0 Å². The Morgan fingerprint density at radius 2 is 1.34 bits per heavy atom. The standard InChI is InChI=1S/C25H17BN6/c1-14-15-8-2-4-10-17(15)22-28-24-19-12-6-7-13-20(19)25-29-23-18-11-5-3-9-16(18)21(27)31(23)26(30(14)22)32(24)25/h2-14,27H,1H3. The highest BCUT2D eigenvalue weighted by Gasteiger charge is 2.54. The molecule has 1 aromatic heterocycles. The van der Waals surface area contributed by atoms with E-state index >= 15 is 0 Å². The number of amidine groups is 3. The molecule has 32 heavy (non-hydrogen) atoms. The molecule has 7 heteroatoms. The van der Waals surface area contributed by atoms with E-state index < -0.39 is 0 Å². The zero-order chi connectivity index (χ0) is 21.1. The number of nitrogens with one attached hydrogen (secondary N) is 1. The van der Waals surface area contributed by atoms with Crippen molar-refractivity contribution in [3.8, 4) is 0 Å². The Kier molecular flexibility index (Phi) is 2.78. The smallest absolute Gasteiger partial charge is 0.353 e. The van der Waals surface area contributed by atoms with Crippen molar-refractivity contribution in [3.05, 3.63) is 95.1 Å². The van der Waals surface area contributed by atoms with E-state index in [9.17, 15) is 0 Å². The molecule has 0 spiro atoms. The van der Waals surface area contributed by atoms with Crippen LogP contribution in [0.3, 0.4) is 0 Å². The quantitative estimate of drug-likeness (QED) is 0.427. The van der Waals surface area contributed by atoms with Gasteiger partial charge in [0.25, 0.3) is 0 Å². The highest BCUT2D eigenvalue weighted by Crippen LogP contribution is 2.49. The lowest BCUT2D eigenvalue weighted by atomic mass is 9.82. The van der Waals surface area contributed by atoms with Gasteiger partial charge in [0.2, 0.25) is 0 Å². The molecule has 1 unspecified atom stereocenters. The lowest BCUT2D eigenvalue weighted by molar-refractivity contribution is 0.481. The molecule has 1 N–H and O–H groups in total. The fourth-order valence-electron chi connectivity index (χ4n) is 5.80. The summed E-state index contributed by atoms with van der Waals surface area (Å²) in [6.07, 6.45) is 0. The van der Waals surface area contributed by atoms with Crippen LogP contribution in [0.5, 0.6) is 0 Å². The van der Waals surface area contributed by atoms with Gasteiger partial charge in [-0.1, -0.05) is 72.8 Å². The average molecular weight is 412 g/mol. The highest BCUT2D eigenvalue weighted by molar-refractivity contribution is 6.67. The molecule has 0 aliphatic carbocycles. The molecule has 0 radical (unpaired) electrons. The number of benzene rings is 3. The minimum Gasteiger partial charge on any atom is -0.353 e. The maximum atomic E-state index is 9.10. The zero-order valence-corrected chi connectivity index (χ0v) is 17.3. The van der Waals surface area contributed by atoms with E-state index in [-0.39, 0.29) is 13.2 Å². The first-order valence-corrected chi connectivity index (χ1v) is 10.9. The van der Waals surface area contributed by atoms with Gasteiger partial charge in [-0.15, -0.1) is 0 Å². The Morgan fingerprint density at radius 3 is 2.09 bits per heavy atom. The Bertz CT molecular complexity index is 1600. The van der Waals surface area contributed by atoms with Crippen molar-refractivity contribution in [2.24, 2.45) is 9.98 Å². The van der Waals surface area contributed by atoms with E-state index in [4.69, 9.17) is 15.4 Å². The van der Waals surface area contributed by atoms with Crippen LogP contribution in [-0.4, -0.2) is 38.7 Å². The number of rotatable bonds is 0. The fraction of sp³-hybridized carbons (Fsp3) is 0.0800. The second kappa shape index (κ2) is 5.37. The highest BCUT2D eigenvalue weighted by atomic mass is 15.5. The maximum absolute atomic E-state index is 9.10. The van der Waals surface area contributed by atoms with Gasteiger partial charge < -0.3 is 14.1 Å². The molecule has 4 aromatic rings. The maximum Gasteiger partial charge on any atom is 0.520 e. The summed E-state index contributed by atoms with van der Waals surface area (Å²) in [5.41, 5.74) is 4.39. The van der Waals surface area contributed by atoms with Crippen LogP contribution in [0.15, 0.2) is 82.8 Å². The van der Waals surface area contributed by atoms with Crippen LogP contribution >= 0.6 is 0 Å². The second-order valence-electron chi connectivity index (χ2n) is 8.71. The molecule has 0 fully saturated rings. The van der Waals surface area contributed by atoms with Gasteiger partial charge in [0.1, 0.15) is 29.1 Å². The van der Waals surface area contributed by atoms with Gasteiger partial charge >= 0.3 is 7.12 Å². The van der Waals surface area contributed by atoms with Crippen LogP contribution in [0.1, 0.15) is 35.2 Å². The van der Waals surface area contributed by atoms with Crippen molar-refractivity contribution in [1.29, 1.82) is 5.41 Å². The van der Waals surface area contributed by atoms with Crippen LogP contribution in [0.2, 0.25) is 0 Å². The molecule has 0 amide bonds. The van der Waals surface area contributed by atoms with E-state index in [2.05, 4.69) is 75.6 Å². The molecule has 8 rings (SSSR count). The summed E-state index contributed by atoms with van der Waals surface area (Å²) >= 11 is 0. The van der Waals surface area contributed by atoms with E-state index in [1.165, 1.54) is 11.1 Å². The Labute approximate surface area is 184 Å². The average Bonchev–Trinajstić information content (AvgIpc) is 3.43. The molecular weight excluding hydrogens is 395 g/mol. The van der Waals surface area contributed by atoms with Crippen molar-refractivity contribution in [2.45, 2.75) is 13.0 Å². The largest absolute Gasteiger partial charge is 0.520 e. The molecular formula is C25H17BN6. The molecule has 0 saturated heterocycles. The first-order chi connectivity index (χ1) is 15.7. The molecule has 0 saturated carbocycles. The zero-order valence-electron chi connectivity index (χ0n) is 17.3. The normalized spacial score (nSPS) is 19.3. The molecule has 1 atom stereocenters. The fourth-order valence-corrected chi connectivity index (χ4v) is 5.80. The number of hydrogen-bond acceptors (Lipinski definition) is 4. The first kappa shape index (κ1) is 16.6. The van der Waals surface area contributed by atoms with Gasteiger partial charge in [-0.3, -0.25) is 5.41 Å². The third-order valence-electron chi connectivity index (χ3n) is 7.21. The summed E-state index contributed by atoms with van der Waals surface area (Å²) in [7, 11) is -0.227. The summed E-state index contributed by atoms with van der Waals surface area (Å²) in [6, 6.07) is 25.1. The van der Waals surface area contributed by atoms with Crippen molar-refractivity contribution in [2.75, 3.05) is 0 Å². The van der Waals surface area contributed by atoms with E-state index in [1.807, 2.05) is 18.2 Å². The monoisotopic (exact) mass is 412 g/mol. The van der Waals surface area contributed by atoms with E-state index in [0.29, 0.717) is 5.84 Å². The summed E-state index contributed by atoms with van der Waals surface area (Å²) in [4.78, 5) is 14.8. The first-order valence-electron chi connectivity index (χ1n) is 10.9. The molecule has 4 aliphatic heterocycles. The van der Waals surface area contributed by atoms with Crippen LogP contribution in [0, 0.1) is 5.41 Å². The summed E-state index contributed by atoms with van der Waals surface area (Å²) < 4.78 is 2.22. The van der Waals surface area contributed by atoms with Crippen molar-refractivity contribution >= 4 is 47.0 Å². The van der Waals surface area contributed by atoms with Crippen molar-refractivity contribution < 1.29 is 0 Å². The summed E-state index contributed by atoms with van der Waals surface area (Å²) in [6.45, 7) is 2.23. The van der Waals surface area contributed by atoms with Crippen LogP contribution in [-0.2, 0) is 0 Å². The third-order valence-corrected chi connectivity index (χ3v) is 7.21. The topological polar surface area (TPSA) is 60.0 Å². The molecule has 3 aromatic carbocycles. The van der Waals surface area contributed by atoms with Gasteiger partial charge in [-0.05, 0) is 12.5 Å². The molecule has 4 aliphatic rings. The number of nitrogens with zero attached hydrogens (tertiary/aromatic N) is 5. The minimum absolute atomic E-state index is 0.136. The summed E-state index contributed by atoms with van der Waals surface area (Å²) in [5, 5.41) is 11.3. The van der Waals surface area contributed by atoms with Gasteiger partial charge in [0, 0.05) is 33.5 Å². The van der Waals surface area contributed by atoms with Gasteiger partial charge in [0.15, 0.2) is 0 Å². The Morgan fingerprint density at radius 1 is 0.750 bits per heavy atom. The lowest BCUT2D eigenvalue weighted by Gasteiger charge is -2.42.